The van der Waals surface area contributed by atoms with Gasteiger partial charge in [0.1, 0.15) is 18.3 Å². The van der Waals surface area contributed by atoms with Gasteiger partial charge in [0, 0.05) is 5.56 Å². The van der Waals surface area contributed by atoms with Crippen LogP contribution in [-0.4, -0.2) is 9.97 Å². The standard InChI is InChI=1S/C12H12FNO.C12H13NO.3C2H6/c1-8(2)9-3-4-10(11(13)7-9)12-14-5-6-15-12;1-9(2)10-3-5-11(6-4-10)12-13-7-8-14-12;3*1-2/h3-8H,1-2H3;3-9H,1-2H3;3*1-2H3. The van der Waals surface area contributed by atoms with Crippen LogP contribution in [0.3, 0.4) is 0 Å². The van der Waals surface area contributed by atoms with E-state index in [4.69, 9.17) is 8.83 Å². The van der Waals surface area contributed by atoms with Crippen LogP contribution >= 0.6 is 0 Å². The maximum atomic E-state index is 13.7. The van der Waals surface area contributed by atoms with Crippen molar-refractivity contribution < 1.29 is 13.2 Å². The highest BCUT2D eigenvalue weighted by Crippen LogP contribution is 2.25. The molecule has 0 spiro atoms. The van der Waals surface area contributed by atoms with Gasteiger partial charge in [-0.25, -0.2) is 14.4 Å². The molecular weight excluding hydrogens is 439 g/mol. The maximum Gasteiger partial charge on any atom is 0.228 e. The molecule has 5 heteroatoms. The molecule has 4 rings (SSSR count). The Bertz CT molecular complexity index is 1010. The average Bonchev–Trinajstić information content (AvgIpc) is 3.63. The zero-order chi connectivity index (χ0) is 26.8. The normalized spacial score (nSPS) is 9.51. The van der Waals surface area contributed by atoms with E-state index in [0.29, 0.717) is 29.2 Å². The molecule has 0 saturated heterocycles. The molecule has 192 valence electrons. The number of nitrogens with zero attached hydrogens (tertiary/aromatic N) is 2. The zero-order valence-electron chi connectivity index (χ0n) is 23.1. The lowest BCUT2D eigenvalue weighted by atomic mass is 10.0. The Morgan fingerprint density at radius 2 is 1.09 bits per heavy atom. The SMILES string of the molecule is CC.CC.CC.CC(C)c1ccc(-c2ncco2)c(F)c1.CC(C)c1ccc(-c2ncco2)cc1. The highest BCUT2D eigenvalue weighted by atomic mass is 19.1. The van der Waals surface area contributed by atoms with Crippen LogP contribution in [0.5, 0.6) is 0 Å². The zero-order valence-corrected chi connectivity index (χ0v) is 23.1. The van der Waals surface area contributed by atoms with Crippen LogP contribution in [0, 0.1) is 5.82 Å². The molecule has 0 saturated carbocycles. The first-order chi connectivity index (χ1) is 17.0. The van der Waals surface area contributed by atoms with Gasteiger partial charge in [-0.3, -0.25) is 0 Å². The van der Waals surface area contributed by atoms with Crippen molar-refractivity contribution in [1.82, 2.24) is 9.97 Å². The fourth-order valence-electron chi connectivity index (χ4n) is 2.80. The Balaban J connectivity index is 0.000000546. The molecule has 4 aromatic rings. The quantitative estimate of drug-likeness (QED) is 0.290. The number of hydrogen-bond donors (Lipinski definition) is 0. The summed E-state index contributed by atoms with van der Waals surface area (Å²) in [7, 11) is 0. The number of halogens is 1. The second-order valence-corrected chi connectivity index (χ2v) is 7.35. The first-order valence-electron chi connectivity index (χ1n) is 12.6. The third-order valence-electron chi connectivity index (χ3n) is 4.58. The molecule has 2 aromatic heterocycles. The molecule has 0 N–H and O–H groups in total. The van der Waals surface area contributed by atoms with Crippen LogP contribution in [0.4, 0.5) is 4.39 Å². The van der Waals surface area contributed by atoms with Crippen LogP contribution in [-0.2, 0) is 0 Å². The molecule has 0 aliphatic carbocycles. The second kappa shape index (κ2) is 18.2. The number of hydrogen-bond acceptors (Lipinski definition) is 4. The van der Waals surface area contributed by atoms with Gasteiger partial charge < -0.3 is 8.83 Å². The number of aromatic nitrogens is 2. The van der Waals surface area contributed by atoms with E-state index in [1.807, 2.05) is 73.6 Å². The van der Waals surface area contributed by atoms with Gasteiger partial charge in [-0.1, -0.05) is 87.4 Å². The first kappa shape index (κ1) is 31.8. The fraction of sp³-hybridized carbons (Fsp3) is 0.400. The van der Waals surface area contributed by atoms with Gasteiger partial charge >= 0.3 is 0 Å². The lowest BCUT2D eigenvalue weighted by molar-refractivity contribution is 0.561. The van der Waals surface area contributed by atoms with Crippen molar-refractivity contribution >= 4 is 0 Å². The fourth-order valence-corrected chi connectivity index (χ4v) is 2.80. The van der Waals surface area contributed by atoms with Gasteiger partial charge in [0.2, 0.25) is 11.8 Å². The predicted octanol–water partition coefficient (Wildman–Crippen LogP) is 10.1. The summed E-state index contributed by atoms with van der Waals surface area (Å²) in [6, 6.07) is 13.4. The molecule has 0 bridgehead atoms. The van der Waals surface area contributed by atoms with Crippen LogP contribution < -0.4 is 0 Å². The lowest BCUT2D eigenvalue weighted by Crippen LogP contribution is -1.91. The van der Waals surface area contributed by atoms with E-state index in [0.717, 1.165) is 11.1 Å². The summed E-state index contributed by atoms with van der Waals surface area (Å²) >= 11 is 0. The van der Waals surface area contributed by atoms with Crippen LogP contribution in [0.1, 0.15) is 92.2 Å². The molecule has 0 radical (unpaired) electrons. The molecule has 2 aromatic carbocycles. The molecule has 2 heterocycles. The summed E-state index contributed by atoms with van der Waals surface area (Å²) < 4.78 is 23.9. The molecule has 0 aliphatic rings. The lowest BCUT2D eigenvalue weighted by Gasteiger charge is -2.06. The summed E-state index contributed by atoms with van der Waals surface area (Å²) in [5.74, 6) is 1.60. The Morgan fingerprint density at radius 1 is 0.629 bits per heavy atom. The Hall–Kier alpha value is -3.21. The van der Waals surface area contributed by atoms with Crippen molar-refractivity contribution in [1.29, 1.82) is 0 Å². The number of oxazole rings is 2. The minimum atomic E-state index is -0.288. The molecule has 4 nitrogen and oxygen atoms in total. The van der Waals surface area contributed by atoms with Crippen molar-refractivity contribution in [3.63, 3.8) is 0 Å². The van der Waals surface area contributed by atoms with Crippen LogP contribution in [0.15, 0.2) is 76.2 Å². The highest BCUT2D eigenvalue weighted by Gasteiger charge is 2.10. The van der Waals surface area contributed by atoms with Crippen LogP contribution in [0.25, 0.3) is 22.9 Å². The first-order valence-corrected chi connectivity index (χ1v) is 12.6. The summed E-state index contributed by atoms with van der Waals surface area (Å²) in [6.07, 6.45) is 6.19. The predicted molar refractivity (Wildman–Crippen MR) is 146 cm³/mol. The summed E-state index contributed by atoms with van der Waals surface area (Å²) in [4.78, 5) is 8.01. The maximum absolute atomic E-state index is 13.7. The Labute approximate surface area is 211 Å². The van der Waals surface area contributed by atoms with Gasteiger partial charge in [-0.15, -0.1) is 0 Å². The van der Waals surface area contributed by atoms with E-state index in [1.165, 1.54) is 24.1 Å². The second-order valence-electron chi connectivity index (χ2n) is 7.35. The van der Waals surface area contributed by atoms with E-state index in [9.17, 15) is 4.39 Å². The van der Waals surface area contributed by atoms with Gasteiger partial charge in [-0.05, 0) is 47.2 Å². The van der Waals surface area contributed by atoms with E-state index in [-0.39, 0.29) is 5.82 Å². The molecule has 35 heavy (non-hydrogen) atoms. The van der Waals surface area contributed by atoms with Gasteiger partial charge in [0.15, 0.2) is 0 Å². The van der Waals surface area contributed by atoms with Gasteiger partial charge in [0.05, 0.1) is 18.0 Å². The van der Waals surface area contributed by atoms with E-state index < -0.39 is 0 Å². The molecule has 0 aliphatic heterocycles. The smallest absolute Gasteiger partial charge is 0.228 e. The molecule has 0 atom stereocenters. The van der Waals surface area contributed by atoms with Crippen molar-refractivity contribution in [2.45, 2.75) is 81.1 Å². The summed E-state index contributed by atoms with van der Waals surface area (Å²) in [5.41, 5.74) is 3.74. The Morgan fingerprint density at radius 3 is 1.49 bits per heavy atom. The van der Waals surface area contributed by atoms with Crippen molar-refractivity contribution in [3.8, 4) is 22.9 Å². The van der Waals surface area contributed by atoms with Crippen LogP contribution in [0.2, 0.25) is 0 Å². The summed E-state index contributed by atoms with van der Waals surface area (Å²) in [5, 5.41) is 0. The minimum Gasteiger partial charge on any atom is -0.445 e. The monoisotopic (exact) mass is 482 g/mol. The number of benzene rings is 2. The third kappa shape index (κ3) is 10.3. The largest absolute Gasteiger partial charge is 0.445 e. The molecular formula is C30H43FN2O2. The molecule has 0 amide bonds. The minimum absolute atomic E-state index is 0.288. The summed E-state index contributed by atoms with van der Waals surface area (Å²) in [6.45, 7) is 20.4. The van der Waals surface area contributed by atoms with E-state index in [2.05, 4.69) is 35.9 Å². The average molecular weight is 483 g/mol. The Kier molecular flexibility index (Phi) is 16.5. The van der Waals surface area contributed by atoms with Gasteiger partial charge in [-0.2, -0.15) is 0 Å². The highest BCUT2D eigenvalue weighted by molar-refractivity contribution is 5.55. The van der Waals surface area contributed by atoms with E-state index in [1.54, 1.807) is 18.5 Å². The van der Waals surface area contributed by atoms with Crippen molar-refractivity contribution in [2.75, 3.05) is 0 Å². The molecule has 0 unspecified atom stereocenters. The van der Waals surface area contributed by atoms with Gasteiger partial charge in [0.25, 0.3) is 0 Å². The molecule has 0 fully saturated rings. The van der Waals surface area contributed by atoms with E-state index >= 15 is 0 Å². The third-order valence-corrected chi connectivity index (χ3v) is 4.58. The topological polar surface area (TPSA) is 52.1 Å². The number of rotatable bonds is 4. The van der Waals surface area contributed by atoms with Crippen molar-refractivity contribution in [2.24, 2.45) is 0 Å². The van der Waals surface area contributed by atoms with Crippen molar-refractivity contribution in [3.05, 3.63) is 84.3 Å².